The van der Waals surface area contributed by atoms with Crippen LogP contribution in [0.25, 0.3) is 33.3 Å². The van der Waals surface area contributed by atoms with E-state index < -0.39 is 0 Å². The number of ether oxygens (including phenoxy) is 1. The molecule has 0 aliphatic heterocycles. The normalized spacial score (nSPS) is 11.0. The molecule has 0 saturated carbocycles. The van der Waals surface area contributed by atoms with Crippen molar-refractivity contribution in [3.8, 4) is 28.1 Å². The van der Waals surface area contributed by atoms with E-state index >= 15 is 0 Å². The minimum atomic E-state index is 0.763. The zero-order valence-corrected chi connectivity index (χ0v) is 14.5. The van der Waals surface area contributed by atoms with E-state index in [1.54, 1.807) is 13.3 Å². The van der Waals surface area contributed by atoms with Crippen molar-refractivity contribution in [2.75, 3.05) is 7.11 Å². The number of benzene rings is 1. The van der Waals surface area contributed by atoms with Gasteiger partial charge in [-0.05, 0) is 61.4 Å². The van der Waals surface area contributed by atoms with Crippen molar-refractivity contribution in [2.24, 2.45) is 0 Å². The molecule has 0 saturated heterocycles. The van der Waals surface area contributed by atoms with Gasteiger partial charge in [-0.2, -0.15) is 0 Å². The lowest BCUT2D eigenvalue weighted by Gasteiger charge is -2.08. The number of nitrogens with one attached hydrogen (secondary N) is 1. The summed E-state index contributed by atoms with van der Waals surface area (Å²) in [6, 6.07) is 12.7. The first-order valence-electron chi connectivity index (χ1n) is 8.20. The van der Waals surface area contributed by atoms with E-state index in [9.17, 15) is 0 Å². The predicted molar refractivity (Wildman–Crippen MR) is 101 cm³/mol. The first-order valence-corrected chi connectivity index (χ1v) is 8.20. The Morgan fingerprint density at radius 3 is 2.64 bits per heavy atom. The molecule has 4 nitrogen and oxygen atoms in total. The van der Waals surface area contributed by atoms with Crippen LogP contribution in [0.3, 0.4) is 0 Å². The van der Waals surface area contributed by atoms with Crippen molar-refractivity contribution in [1.29, 1.82) is 0 Å². The second kappa shape index (κ2) is 6.06. The summed E-state index contributed by atoms with van der Waals surface area (Å²) in [6.07, 6.45) is 5.43. The van der Waals surface area contributed by atoms with Crippen molar-refractivity contribution in [2.45, 2.75) is 13.8 Å². The number of hydrogen-bond acceptors (Lipinski definition) is 3. The highest BCUT2D eigenvalue weighted by atomic mass is 16.5. The number of aromatic amines is 1. The number of pyridine rings is 2. The zero-order valence-electron chi connectivity index (χ0n) is 14.5. The van der Waals surface area contributed by atoms with Crippen molar-refractivity contribution in [1.82, 2.24) is 15.0 Å². The molecule has 1 N–H and O–H groups in total. The fourth-order valence-electron chi connectivity index (χ4n) is 3.15. The van der Waals surface area contributed by atoms with Crippen molar-refractivity contribution in [3.05, 3.63) is 66.2 Å². The average Bonchev–Trinajstić information content (AvgIpc) is 3.04. The van der Waals surface area contributed by atoms with Crippen LogP contribution >= 0.6 is 0 Å². The highest BCUT2D eigenvalue weighted by Crippen LogP contribution is 2.32. The van der Waals surface area contributed by atoms with Gasteiger partial charge in [-0.1, -0.05) is 0 Å². The van der Waals surface area contributed by atoms with Gasteiger partial charge >= 0.3 is 0 Å². The molecule has 4 aromatic rings. The van der Waals surface area contributed by atoms with E-state index in [0.29, 0.717) is 0 Å². The van der Waals surface area contributed by atoms with E-state index in [4.69, 9.17) is 4.74 Å². The summed E-state index contributed by atoms with van der Waals surface area (Å²) in [6.45, 7) is 4.12. The van der Waals surface area contributed by atoms with Gasteiger partial charge in [0, 0.05) is 45.8 Å². The van der Waals surface area contributed by atoms with Crippen molar-refractivity contribution >= 4 is 10.9 Å². The number of H-pyrrole nitrogens is 1. The molecule has 0 unspecified atom stereocenters. The summed E-state index contributed by atoms with van der Waals surface area (Å²) >= 11 is 0. The fraction of sp³-hybridized carbons (Fsp3) is 0.143. The Morgan fingerprint density at radius 2 is 1.84 bits per heavy atom. The largest absolute Gasteiger partial charge is 0.495 e. The first-order chi connectivity index (χ1) is 12.1. The summed E-state index contributed by atoms with van der Waals surface area (Å²) in [4.78, 5) is 12.1. The lowest BCUT2D eigenvalue weighted by Crippen LogP contribution is -1.88. The van der Waals surface area contributed by atoms with Crippen LogP contribution in [-0.2, 0) is 0 Å². The number of methoxy groups -OCH3 is 1. The standard InChI is InChI=1S/C21H19N3O/c1-13-6-20-16(9-19(13)17-8-18(25-3)12-22-11-17)10-21(24-20)15-4-5-23-14(2)7-15/h4-12,24H,1-3H3. The van der Waals surface area contributed by atoms with E-state index in [0.717, 1.165) is 39.3 Å². The number of nitrogens with zero attached hydrogens (tertiary/aromatic N) is 2. The Morgan fingerprint density at radius 1 is 0.960 bits per heavy atom. The van der Waals surface area contributed by atoms with Crippen LogP contribution in [0.15, 0.2) is 55.0 Å². The van der Waals surface area contributed by atoms with Gasteiger partial charge in [0.15, 0.2) is 0 Å². The third kappa shape index (κ3) is 2.87. The minimum absolute atomic E-state index is 0.763. The molecular formula is C21H19N3O. The number of aryl methyl sites for hydroxylation is 2. The highest BCUT2D eigenvalue weighted by molar-refractivity contribution is 5.91. The monoisotopic (exact) mass is 329 g/mol. The fourth-order valence-corrected chi connectivity index (χ4v) is 3.15. The smallest absolute Gasteiger partial charge is 0.137 e. The van der Waals surface area contributed by atoms with E-state index in [1.165, 1.54) is 10.9 Å². The SMILES string of the molecule is COc1cncc(-c2cc3cc(-c4ccnc(C)c4)[nH]c3cc2C)c1. The zero-order chi connectivity index (χ0) is 17.4. The predicted octanol–water partition coefficient (Wildman–Crippen LogP) is 4.92. The van der Waals surface area contributed by atoms with Crippen molar-refractivity contribution < 1.29 is 4.74 Å². The Hall–Kier alpha value is -3.14. The summed E-state index contributed by atoms with van der Waals surface area (Å²) in [5.74, 6) is 0.763. The molecule has 0 radical (unpaired) electrons. The van der Waals surface area contributed by atoms with Gasteiger partial charge in [0.05, 0.1) is 13.3 Å². The van der Waals surface area contributed by atoms with Crippen LogP contribution in [0.1, 0.15) is 11.3 Å². The second-order valence-corrected chi connectivity index (χ2v) is 6.24. The van der Waals surface area contributed by atoms with Gasteiger partial charge in [0.25, 0.3) is 0 Å². The Bertz CT molecular complexity index is 1070. The van der Waals surface area contributed by atoms with Crippen LogP contribution in [0.5, 0.6) is 5.75 Å². The van der Waals surface area contributed by atoms with E-state index in [2.05, 4.69) is 46.1 Å². The average molecular weight is 329 g/mol. The third-order valence-corrected chi connectivity index (χ3v) is 4.43. The molecule has 25 heavy (non-hydrogen) atoms. The molecule has 124 valence electrons. The van der Waals surface area contributed by atoms with Crippen molar-refractivity contribution in [3.63, 3.8) is 0 Å². The molecular weight excluding hydrogens is 310 g/mol. The summed E-state index contributed by atoms with van der Waals surface area (Å²) in [5, 5.41) is 1.17. The Labute approximate surface area is 146 Å². The second-order valence-electron chi connectivity index (χ2n) is 6.24. The van der Waals surface area contributed by atoms with Crippen LogP contribution in [-0.4, -0.2) is 22.1 Å². The van der Waals surface area contributed by atoms with Crippen LogP contribution in [0.2, 0.25) is 0 Å². The Balaban J connectivity index is 1.84. The van der Waals surface area contributed by atoms with Gasteiger partial charge in [-0.25, -0.2) is 0 Å². The molecule has 0 fully saturated rings. The Kier molecular flexibility index (Phi) is 3.73. The van der Waals surface area contributed by atoms with Crippen LogP contribution < -0.4 is 4.74 Å². The minimum Gasteiger partial charge on any atom is -0.495 e. The van der Waals surface area contributed by atoms with Gasteiger partial charge in [0.2, 0.25) is 0 Å². The maximum Gasteiger partial charge on any atom is 0.137 e. The van der Waals surface area contributed by atoms with Gasteiger partial charge in [-0.3, -0.25) is 9.97 Å². The van der Waals surface area contributed by atoms with Gasteiger partial charge in [0.1, 0.15) is 5.75 Å². The maximum atomic E-state index is 5.30. The van der Waals surface area contributed by atoms with Gasteiger partial charge in [-0.15, -0.1) is 0 Å². The summed E-state index contributed by atoms with van der Waals surface area (Å²) in [5.41, 5.74) is 7.79. The van der Waals surface area contributed by atoms with Crippen LogP contribution in [0, 0.1) is 13.8 Å². The molecule has 0 spiro atoms. The van der Waals surface area contributed by atoms with E-state index in [1.807, 2.05) is 31.5 Å². The van der Waals surface area contributed by atoms with E-state index in [-0.39, 0.29) is 0 Å². The molecule has 0 amide bonds. The molecule has 4 rings (SSSR count). The maximum absolute atomic E-state index is 5.30. The molecule has 0 aliphatic carbocycles. The highest BCUT2D eigenvalue weighted by Gasteiger charge is 2.09. The van der Waals surface area contributed by atoms with Crippen LogP contribution in [0.4, 0.5) is 0 Å². The topological polar surface area (TPSA) is 50.8 Å². The third-order valence-electron chi connectivity index (χ3n) is 4.43. The first kappa shape index (κ1) is 15.4. The molecule has 3 aromatic heterocycles. The number of fused-ring (bicyclic) bond motifs is 1. The number of aromatic nitrogens is 3. The molecule has 0 bridgehead atoms. The quantitative estimate of drug-likeness (QED) is 0.580. The summed E-state index contributed by atoms with van der Waals surface area (Å²) < 4.78 is 5.30. The lowest BCUT2D eigenvalue weighted by molar-refractivity contribution is 0.413. The number of rotatable bonds is 3. The molecule has 0 aliphatic rings. The molecule has 3 heterocycles. The molecule has 0 atom stereocenters. The molecule has 1 aromatic carbocycles. The lowest BCUT2D eigenvalue weighted by atomic mass is 10.00. The summed E-state index contributed by atoms with van der Waals surface area (Å²) in [7, 11) is 1.66. The number of hydrogen-bond donors (Lipinski definition) is 1. The van der Waals surface area contributed by atoms with Gasteiger partial charge < -0.3 is 9.72 Å². The molecule has 4 heteroatoms.